The second kappa shape index (κ2) is 6.75. The van der Waals surface area contributed by atoms with Crippen LogP contribution in [0.15, 0.2) is 48.9 Å². The van der Waals surface area contributed by atoms with Crippen LogP contribution in [0.2, 0.25) is 0 Å². The first-order valence-electron chi connectivity index (χ1n) is 10.1. The molecule has 1 aromatic carbocycles. The van der Waals surface area contributed by atoms with Gasteiger partial charge in [-0.3, -0.25) is 0 Å². The monoisotopic (exact) mass is 364 g/mol. The molecule has 1 N–H and O–H groups in total. The molecule has 0 saturated heterocycles. The van der Waals surface area contributed by atoms with Gasteiger partial charge in [0.25, 0.3) is 0 Å². The smallest absolute Gasteiger partial charge is 0.123 e. The molecular formula is C23H25FN2O. The first-order valence-corrected chi connectivity index (χ1v) is 10.1. The lowest BCUT2D eigenvalue weighted by Gasteiger charge is -2.33. The Hall–Kier alpha value is -2.20. The Kier molecular flexibility index (Phi) is 4.24. The zero-order chi connectivity index (χ0) is 18.4. The molecule has 2 fully saturated rings. The molecule has 3 aromatic rings. The van der Waals surface area contributed by atoms with E-state index in [9.17, 15) is 9.50 Å². The van der Waals surface area contributed by atoms with Crippen molar-refractivity contribution in [3.8, 4) is 0 Å². The quantitative estimate of drug-likeness (QED) is 0.677. The molecule has 0 radical (unpaired) electrons. The van der Waals surface area contributed by atoms with Gasteiger partial charge >= 0.3 is 0 Å². The topological polar surface area (TPSA) is 37.5 Å². The molecule has 2 aliphatic rings. The van der Waals surface area contributed by atoms with E-state index in [-0.39, 0.29) is 11.7 Å². The number of rotatable bonds is 4. The van der Waals surface area contributed by atoms with Crippen molar-refractivity contribution in [3.63, 3.8) is 0 Å². The normalized spacial score (nSPS) is 24.2. The Morgan fingerprint density at radius 2 is 1.78 bits per heavy atom. The van der Waals surface area contributed by atoms with Crippen LogP contribution in [0, 0.1) is 11.7 Å². The standard InChI is InChI=1S/C23H25FN2O/c24-19-3-1-2-18(12-19)15-4-8-17(9-5-15)23(27)22-21(16-6-7-16)11-10-20-13-25-14-26(20)22/h1-3,10-17,23,27H,4-9H2/t15-,17-,23-/m1/s1. The molecular weight excluding hydrogens is 339 g/mol. The highest BCUT2D eigenvalue weighted by molar-refractivity contribution is 5.50. The Labute approximate surface area is 158 Å². The Balaban J connectivity index is 1.38. The lowest BCUT2D eigenvalue weighted by atomic mass is 9.75. The third-order valence-corrected chi connectivity index (χ3v) is 6.49. The summed E-state index contributed by atoms with van der Waals surface area (Å²) in [4.78, 5) is 4.29. The fourth-order valence-electron chi connectivity index (χ4n) is 4.83. The van der Waals surface area contributed by atoms with Crippen LogP contribution in [-0.2, 0) is 0 Å². The van der Waals surface area contributed by atoms with E-state index >= 15 is 0 Å². The van der Waals surface area contributed by atoms with Gasteiger partial charge in [0.15, 0.2) is 0 Å². The van der Waals surface area contributed by atoms with Gasteiger partial charge in [0, 0.05) is 0 Å². The lowest BCUT2D eigenvalue weighted by Crippen LogP contribution is -2.22. The maximum Gasteiger partial charge on any atom is 0.123 e. The number of aliphatic hydroxyl groups excluding tert-OH is 1. The average Bonchev–Trinajstić information content (AvgIpc) is 3.43. The van der Waals surface area contributed by atoms with E-state index in [1.165, 1.54) is 24.5 Å². The van der Waals surface area contributed by atoms with E-state index < -0.39 is 6.10 Å². The average molecular weight is 364 g/mol. The molecule has 0 spiro atoms. The highest BCUT2D eigenvalue weighted by atomic mass is 19.1. The van der Waals surface area contributed by atoms with Gasteiger partial charge in [0.1, 0.15) is 5.82 Å². The van der Waals surface area contributed by atoms with Crippen LogP contribution in [0.25, 0.3) is 5.52 Å². The number of nitrogens with zero attached hydrogens (tertiary/aromatic N) is 2. The van der Waals surface area contributed by atoms with E-state index in [0.29, 0.717) is 11.8 Å². The van der Waals surface area contributed by atoms with Gasteiger partial charge in [0.05, 0.1) is 29.8 Å². The Morgan fingerprint density at radius 3 is 2.52 bits per heavy atom. The second-order valence-electron chi connectivity index (χ2n) is 8.25. The SMILES string of the molecule is O[C@@H](c1c(C2CC2)ccc2cncn12)[C@H]1CC[C@H](c2cccc(F)c2)CC1. The van der Waals surface area contributed by atoms with Crippen LogP contribution in [0.1, 0.15) is 73.3 Å². The highest BCUT2D eigenvalue weighted by Crippen LogP contribution is 2.47. The van der Waals surface area contributed by atoms with Gasteiger partial charge in [-0.2, -0.15) is 0 Å². The van der Waals surface area contributed by atoms with E-state index in [1.807, 2.05) is 18.6 Å². The minimum absolute atomic E-state index is 0.157. The third-order valence-electron chi connectivity index (χ3n) is 6.49. The molecule has 2 aromatic heterocycles. The van der Waals surface area contributed by atoms with Crippen LogP contribution in [0.5, 0.6) is 0 Å². The molecule has 2 saturated carbocycles. The molecule has 5 rings (SSSR count). The number of pyridine rings is 1. The highest BCUT2D eigenvalue weighted by Gasteiger charge is 2.34. The van der Waals surface area contributed by atoms with Crippen molar-refractivity contribution in [2.75, 3.05) is 0 Å². The van der Waals surface area contributed by atoms with Crippen molar-refractivity contribution >= 4 is 5.52 Å². The molecule has 0 aliphatic heterocycles. The summed E-state index contributed by atoms with van der Waals surface area (Å²) in [5.74, 6) is 1.08. The Bertz CT molecular complexity index is 954. The molecule has 0 bridgehead atoms. The number of imidazole rings is 1. The zero-order valence-electron chi connectivity index (χ0n) is 15.4. The molecule has 0 unspecified atom stereocenters. The van der Waals surface area contributed by atoms with Gasteiger partial charge in [-0.05, 0) is 85.6 Å². The molecule has 1 atom stereocenters. The maximum atomic E-state index is 13.5. The fraction of sp³-hybridized carbons (Fsp3) is 0.435. The molecule has 0 amide bonds. The second-order valence-corrected chi connectivity index (χ2v) is 8.25. The first kappa shape index (κ1) is 16.9. The van der Waals surface area contributed by atoms with Crippen molar-refractivity contribution in [2.24, 2.45) is 5.92 Å². The van der Waals surface area contributed by atoms with Crippen molar-refractivity contribution < 1.29 is 9.50 Å². The molecule has 2 aliphatic carbocycles. The molecule has 2 heterocycles. The predicted octanol–water partition coefficient (Wildman–Crippen LogP) is 5.36. The predicted molar refractivity (Wildman–Crippen MR) is 103 cm³/mol. The van der Waals surface area contributed by atoms with Crippen molar-refractivity contribution in [2.45, 2.75) is 56.5 Å². The largest absolute Gasteiger partial charge is 0.387 e. The van der Waals surface area contributed by atoms with Crippen molar-refractivity contribution in [3.05, 3.63) is 71.6 Å². The molecule has 3 nitrogen and oxygen atoms in total. The summed E-state index contributed by atoms with van der Waals surface area (Å²) in [5.41, 5.74) is 4.47. The number of halogens is 1. The van der Waals surface area contributed by atoms with E-state index in [0.717, 1.165) is 42.5 Å². The number of fused-ring (bicyclic) bond motifs is 1. The third kappa shape index (κ3) is 3.16. The van der Waals surface area contributed by atoms with Gasteiger partial charge in [-0.15, -0.1) is 0 Å². The number of hydrogen-bond donors (Lipinski definition) is 1. The number of hydrogen-bond acceptors (Lipinski definition) is 2. The number of aliphatic hydroxyl groups is 1. The summed E-state index contributed by atoms with van der Waals surface area (Å²) >= 11 is 0. The van der Waals surface area contributed by atoms with Crippen molar-refractivity contribution in [1.29, 1.82) is 0 Å². The maximum absolute atomic E-state index is 13.5. The first-order chi connectivity index (χ1) is 13.2. The van der Waals surface area contributed by atoms with Gasteiger partial charge in [0.2, 0.25) is 0 Å². The van der Waals surface area contributed by atoms with Crippen LogP contribution in [0.4, 0.5) is 4.39 Å². The summed E-state index contributed by atoms with van der Waals surface area (Å²) in [7, 11) is 0. The van der Waals surface area contributed by atoms with Gasteiger partial charge < -0.3 is 9.51 Å². The van der Waals surface area contributed by atoms with E-state index in [4.69, 9.17) is 0 Å². The minimum atomic E-state index is -0.466. The van der Waals surface area contributed by atoms with E-state index in [1.54, 1.807) is 12.1 Å². The van der Waals surface area contributed by atoms with Crippen LogP contribution in [-0.4, -0.2) is 14.5 Å². The summed E-state index contributed by atoms with van der Waals surface area (Å²) in [6.07, 6.45) is 9.60. The lowest BCUT2D eigenvalue weighted by molar-refractivity contribution is 0.0754. The van der Waals surface area contributed by atoms with Crippen LogP contribution in [0.3, 0.4) is 0 Å². The zero-order valence-corrected chi connectivity index (χ0v) is 15.4. The summed E-state index contributed by atoms with van der Waals surface area (Å²) in [5, 5.41) is 11.3. The van der Waals surface area contributed by atoms with E-state index in [2.05, 4.69) is 21.5 Å². The molecule has 27 heavy (non-hydrogen) atoms. The van der Waals surface area contributed by atoms with Gasteiger partial charge in [-0.25, -0.2) is 9.37 Å². The number of aromatic nitrogens is 2. The van der Waals surface area contributed by atoms with Gasteiger partial charge in [-0.1, -0.05) is 18.2 Å². The van der Waals surface area contributed by atoms with Crippen molar-refractivity contribution in [1.82, 2.24) is 9.38 Å². The Morgan fingerprint density at radius 1 is 1.00 bits per heavy atom. The van der Waals surface area contributed by atoms with Crippen LogP contribution >= 0.6 is 0 Å². The van der Waals surface area contributed by atoms with Crippen LogP contribution < -0.4 is 0 Å². The fourth-order valence-corrected chi connectivity index (χ4v) is 4.83. The summed E-state index contributed by atoms with van der Waals surface area (Å²) < 4.78 is 15.6. The summed E-state index contributed by atoms with van der Waals surface area (Å²) in [6.45, 7) is 0. The minimum Gasteiger partial charge on any atom is -0.387 e. The summed E-state index contributed by atoms with van der Waals surface area (Å²) in [6, 6.07) is 11.3. The molecule has 4 heteroatoms. The molecule has 140 valence electrons. The number of benzene rings is 1.